The zero-order chi connectivity index (χ0) is 12.3. The Labute approximate surface area is 112 Å². The number of aryl methyl sites for hydroxylation is 2. The Morgan fingerprint density at radius 3 is 2.76 bits per heavy atom. The molecule has 1 atom stereocenters. The molecule has 0 saturated carbocycles. The third-order valence-corrected chi connectivity index (χ3v) is 4.00. The molecular weight excluding hydrogens is 274 g/mol. The molecule has 17 heavy (non-hydrogen) atoms. The molecule has 0 aliphatic heterocycles. The second-order valence-electron chi connectivity index (χ2n) is 4.97. The number of anilines is 1. The van der Waals surface area contributed by atoms with E-state index < -0.39 is 0 Å². The van der Waals surface area contributed by atoms with Crippen LogP contribution < -0.4 is 5.32 Å². The van der Waals surface area contributed by atoms with E-state index in [4.69, 9.17) is 0 Å². The number of hydrogen-bond acceptors (Lipinski definition) is 1. The first-order chi connectivity index (χ1) is 8.16. The molecular formula is C15H20BrN. The molecule has 2 heteroatoms. The third kappa shape index (κ3) is 3.35. The topological polar surface area (TPSA) is 12.0 Å². The molecule has 1 N–H and O–H groups in total. The Morgan fingerprint density at radius 1 is 1.29 bits per heavy atom. The lowest BCUT2D eigenvalue weighted by Crippen LogP contribution is -2.16. The number of rotatable bonds is 3. The first-order valence-electron chi connectivity index (χ1n) is 6.32. The third-order valence-electron chi connectivity index (χ3n) is 3.38. The first-order valence-corrected chi connectivity index (χ1v) is 7.11. The van der Waals surface area contributed by atoms with Crippen LogP contribution in [0.1, 0.15) is 30.4 Å². The van der Waals surface area contributed by atoms with Crippen molar-refractivity contribution in [1.82, 2.24) is 0 Å². The number of benzene rings is 1. The molecule has 0 amide bonds. The number of hydrogen-bond donors (Lipinski definition) is 1. The van der Waals surface area contributed by atoms with Crippen LogP contribution in [0.2, 0.25) is 0 Å². The largest absolute Gasteiger partial charge is 0.384 e. The second kappa shape index (κ2) is 5.72. The average molecular weight is 294 g/mol. The maximum atomic E-state index is 3.65. The van der Waals surface area contributed by atoms with Crippen LogP contribution in [0.4, 0.5) is 5.69 Å². The normalized spacial score (nSPS) is 19.4. The summed E-state index contributed by atoms with van der Waals surface area (Å²) in [7, 11) is 0. The van der Waals surface area contributed by atoms with Gasteiger partial charge in [-0.1, -0.05) is 18.2 Å². The summed E-state index contributed by atoms with van der Waals surface area (Å²) in [5.74, 6) is 0.785. The minimum Gasteiger partial charge on any atom is -0.384 e. The van der Waals surface area contributed by atoms with Crippen LogP contribution in [0.3, 0.4) is 0 Å². The number of nitrogens with one attached hydrogen (secondary N) is 1. The van der Waals surface area contributed by atoms with Gasteiger partial charge in [-0.2, -0.15) is 0 Å². The van der Waals surface area contributed by atoms with Gasteiger partial charge in [0.05, 0.1) is 5.69 Å². The van der Waals surface area contributed by atoms with E-state index >= 15 is 0 Å². The van der Waals surface area contributed by atoms with Gasteiger partial charge in [0.15, 0.2) is 0 Å². The van der Waals surface area contributed by atoms with E-state index in [0.717, 1.165) is 12.5 Å². The minimum absolute atomic E-state index is 0.785. The summed E-state index contributed by atoms with van der Waals surface area (Å²) in [5, 5.41) is 3.60. The van der Waals surface area contributed by atoms with E-state index in [9.17, 15) is 0 Å². The van der Waals surface area contributed by atoms with Gasteiger partial charge in [0.25, 0.3) is 0 Å². The van der Waals surface area contributed by atoms with Gasteiger partial charge in [-0.15, -0.1) is 0 Å². The van der Waals surface area contributed by atoms with Crippen molar-refractivity contribution in [2.45, 2.75) is 33.1 Å². The summed E-state index contributed by atoms with van der Waals surface area (Å²) in [6.07, 6.45) is 8.37. The Hall–Kier alpha value is -0.760. The van der Waals surface area contributed by atoms with Gasteiger partial charge in [-0.25, -0.2) is 0 Å². The highest BCUT2D eigenvalue weighted by Crippen LogP contribution is 2.28. The summed E-state index contributed by atoms with van der Waals surface area (Å²) in [5.41, 5.74) is 3.88. The molecule has 0 spiro atoms. The summed E-state index contributed by atoms with van der Waals surface area (Å²) >= 11 is 3.65. The SMILES string of the molecule is Cc1cc(C)c(NCC2CC=CCC2)c(Br)c1. The average Bonchev–Trinajstić information content (AvgIpc) is 2.29. The van der Waals surface area contributed by atoms with Crippen molar-refractivity contribution in [1.29, 1.82) is 0 Å². The van der Waals surface area contributed by atoms with Gasteiger partial charge in [-0.3, -0.25) is 0 Å². The molecule has 0 saturated heterocycles. The van der Waals surface area contributed by atoms with Gasteiger partial charge in [0, 0.05) is 11.0 Å². The summed E-state index contributed by atoms with van der Waals surface area (Å²) in [6, 6.07) is 4.41. The van der Waals surface area contributed by atoms with Crippen LogP contribution in [-0.2, 0) is 0 Å². The molecule has 0 radical (unpaired) electrons. The monoisotopic (exact) mass is 293 g/mol. The molecule has 2 rings (SSSR count). The van der Waals surface area contributed by atoms with Gasteiger partial charge < -0.3 is 5.32 Å². The van der Waals surface area contributed by atoms with Crippen molar-refractivity contribution < 1.29 is 0 Å². The van der Waals surface area contributed by atoms with Crippen molar-refractivity contribution >= 4 is 21.6 Å². The molecule has 0 fully saturated rings. The van der Waals surface area contributed by atoms with Crippen LogP contribution in [0.5, 0.6) is 0 Å². The molecule has 0 bridgehead atoms. The zero-order valence-corrected chi connectivity index (χ0v) is 12.2. The van der Waals surface area contributed by atoms with Crippen molar-refractivity contribution in [3.05, 3.63) is 39.9 Å². The van der Waals surface area contributed by atoms with Gasteiger partial charge in [0.2, 0.25) is 0 Å². The Kier molecular flexibility index (Phi) is 4.27. The Morgan fingerprint density at radius 2 is 2.12 bits per heavy atom. The van der Waals surface area contributed by atoms with Gasteiger partial charge >= 0.3 is 0 Å². The van der Waals surface area contributed by atoms with E-state index in [1.54, 1.807) is 0 Å². The van der Waals surface area contributed by atoms with E-state index in [-0.39, 0.29) is 0 Å². The predicted octanol–water partition coefficient (Wildman–Crippen LogP) is 4.83. The van der Waals surface area contributed by atoms with Crippen molar-refractivity contribution in [2.24, 2.45) is 5.92 Å². The predicted molar refractivity (Wildman–Crippen MR) is 78.6 cm³/mol. The zero-order valence-electron chi connectivity index (χ0n) is 10.6. The summed E-state index contributed by atoms with van der Waals surface area (Å²) < 4.78 is 1.18. The fraction of sp³-hybridized carbons (Fsp3) is 0.467. The van der Waals surface area contributed by atoms with Gasteiger partial charge in [0.1, 0.15) is 0 Å². The maximum absolute atomic E-state index is 3.65. The fourth-order valence-electron chi connectivity index (χ4n) is 2.43. The van der Waals surface area contributed by atoms with E-state index in [0.29, 0.717) is 0 Å². The summed E-state index contributed by atoms with van der Waals surface area (Å²) in [4.78, 5) is 0. The van der Waals surface area contributed by atoms with Crippen LogP contribution in [-0.4, -0.2) is 6.54 Å². The molecule has 0 aromatic heterocycles. The fourth-order valence-corrected chi connectivity index (χ4v) is 3.24. The van der Waals surface area contributed by atoms with Crippen LogP contribution >= 0.6 is 15.9 Å². The molecule has 0 heterocycles. The second-order valence-corrected chi connectivity index (χ2v) is 5.82. The molecule has 1 unspecified atom stereocenters. The Balaban J connectivity index is 2.01. The maximum Gasteiger partial charge on any atom is 0.0514 e. The first kappa shape index (κ1) is 12.7. The molecule has 1 nitrogen and oxygen atoms in total. The molecule has 1 aromatic rings. The molecule has 1 aromatic carbocycles. The van der Waals surface area contributed by atoms with Crippen LogP contribution in [0.25, 0.3) is 0 Å². The highest BCUT2D eigenvalue weighted by Gasteiger charge is 2.11. The number of allylic oxidation sites excluding steroid dienone is 2. The van der Waals surface area contributed by atoms with Crippen LogP contribution in [0.15, 0.2) is 28.8 Å². The van der Waals surface area contributed by atoms with Gasteiger partial charge in [-0.05, 0) is 72.2 Å². The van der Waals surface area contributed by atoms with Crippen molar-refractivity contribution in [3.8, 4) is 0 Å². The van der Waals surface area contributed by atoms with E-state index in [1.165, 1.54) is 40.5 Å². The molecule has 92 valence electrons. The van der Waals surface area contributed by atoms with E-state index in [1.807, 2.05) is 0 Å². The quantitative estimate of drug-likeness (QED) is 0.787. The molecule has 1 aliphatic carbocycles. The summed E-state index contributed by atoms with van der Waals surface area (Å²) in [6.45, 7) is 5.38. The standard InChI is InChI=1S/C15H20BrN/c1-11-8-12(2)15(14(16)9-11)17-10-13-6-4-3-5-7-13/h3-4,8-9,13,17H,5-7,10H2,1-2H3. The number of halogens is 1. The highest BCUT2D eigenvalue weighted by molar-refractivity contribution is 9.10. The lowest BCUT2D eigenvalue weighted by Gasteiger charge is -2.20. The van der Waals surface area contributed by atoms with Crippen LogP contribution in [0, 0.1) is 19.8 Å². The lowest BCUT2D eigenvalue weighted by atomic mass is 9.94. The van der Waals surface area contributed by atoms with Crippen molar-refractivity contribution in [2.75, 3.05) is 11.9 Å². The minimum atomic E-state index is 0.785. The van der Waals surface area contributed by atoms with E-state index in [2.05, 4.69) is 59.4 Å². The van der Waals surface area contributed by atoms with Crippen molar-refractivity contribution in [3.63, 3.8) is 0 Å². The molecule has 1 aliphatic rings. The smallest absolute Gasteiger partial charge is 0.0514 e. The Bertz CT molecular complexity index is 400. The lowest BCUT2D eigenvalue weighted by molar-refractivity contribution is 0.504. The highest BCUT2D eigenvalue weighted by atomic mass is 79.9.